The maximum atomic E-state index is 13.2. The number of carbonyl (C=O) groups is 1. The summed E-state index contributed by atoms with van der Waals surface area (Å²) in [7, 11) is 0. The Hall–Kier alpha value is -3.05. The number of fused-ring (bicyclic) bond motifs is 1. The van der Waals surface area contributed by atoms with Crippen molar-refractivity contribution in [3.8, 4) is 11.3 Å². The first-order chi connectivity index (χ1) is 12.2. The largest absolute Gasteiger partial charge is 0.298 e. The van der Waals surface area contributed by atoms with Crippen LogP contribution < -0.4 is 5.32 Å². The number of aromatic nitrogens is 1. The highest BCUT2D eigenvalue weighted by atomic mass is 32.1. The second-order valence-corrected chi connectivity index (χ2v) is 6.42. The van der Waals surface area contributed by atoms with Gasteiger partial charge in [0.25, 0.3) is 5.91 Å². The standard InChI is InChI=1S/C20H13FN2OS/c21-17-7-3-6-16(11-17)19(24)23-20-22-18(12-25-20)15-9-8-13-4-1-2-5-14(13)10-15/h1-12H,(H,22,23,24). The molecule has 0 saturated carbocycles. The number of anilines is 1. The summed E-state index contributed by atoms with van der Waals surface area (Å²) in [5, 5.41) is 7.40. The van der Waals surface area contributed by atoms with Crippen LogP contribution in [0, 0.1) is 5.82 Å². The summed E-state index contributed by atoms with van der Waals surface area (Å²) >= 11 is 1.34. The van der Waals surface area contributed by atoms with Gasteiger partial charge in [0, 0.05) is 16.5 Å². The molecule has 0 aliphatic carbocycles. The molecule has 0 bridgehead atoms. The number of benzene rings is 3. The van der Waals surface area contributed by atoms with Crippen LogP contribution in [-0.4, -0.2) is 10.9 Å². The molecule has 3 aromatic carbocycles. The highest BCUT2D eigenvalue weighted by Gasteiger charge is 2.11. The van der Waals surface area contributed by atoms with Crippen LogP contribution in [0.5, 0.6) is 0 Å². The molecular formula is C20H13FN2OS. The molecule has 122 valence electrons. The van der Waals surface area contributed by atoms with E-state index in [0.29, 0.717) is 5.13 Å². The average molecular weight is 348 g/mol. The summed E-state index contributed by atoms with van der Waals surface area (Å²) in [4.78, 5) is 16.6. The maximum absolute atomic E-state index is 13.2. The van der Waals surface area contributed by atoms with Crippen LogP contribution in [0.2, 0.25) is 0 Å². The molecule has 1 aromatic heterocycles. The molecular weight excluding hydrogens is 335 g/mol. The molecule has 0 unspecified atom stereocenters. The Bertz CT molecular complexity index is 1070. The molecule has 1 amide bonds. The van der Waals surface area contributed by atoms with Crippen LogP contribution in [-0.2, 0) is 0 Å². The Kier molecular flexibility index (Phi) is 3.99. The van der Waals surface area contributed by atoms with E-state index in [2.05, 4.69) is 34.6 Å². The number of halogens is 1. The van der Waals surface area contributed by atoms with E-state index in [1.165, 1.54) is 34.9 Å². The topological polar surface area (TPSA) is 42.0 Å². The first kappa shape index (κ1) is 15.5. The molecule has 0 spiro atoms. The first-order valence-corrected chi connectivity index (χ1v) is 8.59. The SMILES string of the molecule is O=C(Nc1nc(-c2ccc3ccccc3c2)cs1)c1cccc(F)c1. The summed E-state index contributed by atoms with van der Waals surface area (Å²) in [6.07, 6.45) is 0. The van der Waals surface area contributed by atoms with Crippen molar-refractivity contribution in [1.82, 2.24) is 4.98 Å². The fourth-order valence-electron chi connectivity index (χ4n) is 2.61. The average Bonchev–Trinajstić information content (AvgIpc) is 3.10. The van der Waals surface area contributed by atoms with Gasteiger partial charge in [-0.15, -0.1) is 11.3 Å². The quantitative estimate of drug-likeness (QED) is 0.542. The molecule has 0 fully saturated rings. The van der Waals surface area contributed by atoms with E-state index in [1.807, 2.05) is 23.6 Å². The number of hydrogen-bond acceptors (Lipinski definition) is 3. The minimum absolute atomic E-state index is 0.266. The second kappa shape index (κ2) is 6.45. The van der Waals surface area contributed by atoms with E-state index < -0.39 is 5.82 Å². The molecule has 0 atom stereocenters. The summed E-state index contributed by atoms with van der Waals surface area (Å²) in [5.74, 6) is -0.817. The van der Waals surface area contributed by atoms with Gasteiger partial charge < -0.3 is 0 Å². The maximum Gasteiger partial charge on any atom is 0.257 e. The van der Waals surface area contributed by atoms with Crippen molar-refractivity contribution < 1.29 is 9.18 Å². The van der Waals surface area contributed by atoms with Crippen LogP contribution in [0.1, 0.15) is 10.4 Å². The Morgan fingerprint density at radius 2 is 1.80 bits per heavy atom. The smallest absolute Gasteiger partial charge is 0.257 e. The van der Waals surface area contributed by atoms with Gasteiger partial charge in [-0.05, 0) is 35.0 Å². The normalized spacial score (nSPS) is 10.8. The van der Waals surface area contributed by atoms with E-state index >= 15 is 0 Å². The number of nitrogens with zero attached hydrogens (tertiary/aromatic N) is 1. The monoisotopic (exact) mass is 348 g/mol. The molecule has 1 heterocycles. The third-order valence-corrected chi connectivity index (χ3v) is 4.61. The van der Waals surface area contributed by atoms with Gasteiger partial charge in [-0.2, -0.15) is 0 Å². The van der Waals surface area contributed by atoms with Gasteiger partial charge in [0.05, 0.1) is 5.69 Å². The number of hydrogen-bond donors (Lipinski definition) is 1. The van der Waals surface area contributed by atoms with E-state index in [0.717, 1.165) is 16.6 Å². The fourth-order valence-corrected chi connectivity index (χ4v) is 3.33. The first-order valence-electron chi connectivity index (χ1n) is 7.71. The van der Waals surface area contributed by atoms with Crippen molar-refractivity contribution in [3.05, 3.63) is 83.5 Å². The van der Waals surface area contributed by atoms with Gasteiger partial charge in [0.1, 0.15) is 5.82 Å². The zero-order valence-electron chi connectivity index (χ0n) is 13.1. The van der Waals surface area contributed by atoms with Crippen LogP contribution in [0.25, 0.3) is 22.0 Å². The van der Waals surface area contributed by atoms with Crippen molar-refractivity contribution >= 4 is 33.1 Å². The highest BCUT2D eigenvalue weighted by Crippen LogP contribution is 2.28. The van der Waals surface area contributed by atoms with Crippen LogP contribution in [0.15, 0.2) is 72.1 Å². The fraction of sp³-hybridized carbons (Fsp3) is 0. The van der Waals surface area contributed by atoms with Gasteiger partial charge >= 0.3 is 0 Å². The summed E-state index contributed by atoms with van der Waals surface area (Å²) in [6, 6.07) is 19.8. The van der Waals surface area contributed by atoms with Crippen LogP contribution >= 0.6 is 11.3 Å². The second-order valence-electron chi connectivity index (χ2n) is 5.56. The Morgan fingerprint density at radius 1 is 0.960 bits per heavy atom. The molecule has 3 nitrogen and oxygen atoms in total. The lowest BCUT2D eigenvalue weighted by Crippen LogP contribution is -2.11. The lowest BCUT2D eigenvalue weighted by atomic mass is 10.1. The van der Waals surface area contributed by atoms with Gasteiger partial charge in [-0.3, -0.25) is 10.1 Å². The van der Waals surface area contributed by atoms with Gasteiger partial charge in [-0.1, -0.05) is 42.5 Å². The predicted molar refractivity (Wildman–Crippen MR) is 99.4 cm³/mol. The van der Waals surface area contributed by atoms with E-state index in [4.69, 9.17) is 0 Å². The molecule has 0 radical (unpaired) electrons. The minimum Gasteiger partial charge on any atom is -0.298 e. The molecule has 0 saturated heterocycles. The molecule has 4 aromatic rings. The Balaban J connectivity index is 1.58. The minimum atomic E-state index is -0.441. The van der Waals surface area contributed by atoms with Crippen molar-refractivity contribution in [1.29, 1.82) is 0 Å². The van der Waals surface area contributed by atoms with Gasteiger partial charge in [-0.25, -0.2) is 9.37 Å². The molecule has 0 aliphatic heterocycles. The zero-order chi connectivity index (χ0) is 17.2. The molecule has 4 rings (SSSR count). The van der Waals surface area contributed by atoms with Gasteiger partial charge in [0.15, 0.2) is 5.13 Å². The highest BCUT2D eigenvalue weighted by molar-refractivity contribution is 7.14. The third kappa shape index (κ3) is 3.27. The molecule has 1 N–H and O–H groups in total. The molecule has 5 heteroatoms. The van der Waals surface area contributed by atoms with E-state index in [1.54, 1.807) is 6.07 Å². The van der Waals surface area contributed by atoms with Crippen molar-refractivity contribution in [2.75, 3.05) is 5.32 Å². The lowest BCUT2D eigenvalue weighted by molar-refractivity contribution is 0.102. The molecule has 25 heavy (non-hydrogen) atoms. The number of thiazole rings is 1. The molecule has 0 aliphatic rings. The van der Waals surface area contributed by atoms with Crippen molar-refractivity contribution in [2.45, 2.75) is 0 Å². The summed E-state index contributed by atoms with van der Waals surface area (Å²) in [6.45, 7) is 0. The Morgan fingerprint density at radius 3 is 2.64 bits per heavy atom. The van der Waals surface area contributed by atoms with E-state index in [-0.39, 0.29) is 11.5 Å². The number of amides is 1. The van der Waals surface area contributed by atoms with Crippen LogP contribution in [0.3, 0.4) is 0 Å². The summed E-state index contributed by atoms with van der Waals surface area (Å²) < 4.78 is 13.2. The van der Waals surface area contributed by atoms with Crippen molar-refractivity contribution in [3.63, 3.8) is 0 Å². The van der Waals surface area contributed by atoms with Gasteiger partial charge in [0.2, 0.25) is 0 Å². The Labute approximate surface area is 147 Å². The van der Waals surface area contributed by atoms with Crippen LogP contribution in [0.4, 0.5) is 9.52 Å². The number of rotatable bonds is 3. The number of nitrogens with one attached hydrogen (secondary N) is 1. The summed E-state index contributed by atoms with van der Waals surface area (Å²) in [5.41, 5.74) is 2.05. The number of carbonyl (C=O) groups excluding carboxylic acids is 1. The predicted octanol–water partition coefficient (Wildman–Crippen LogP) is 5.35. The van der Waals surface area contributed by atoms with E-state index in [9.17, 15) is 9.18 Å². The zero-order valence-corrected chi connectivity index (χ0v) is 13.9. The lowest BCUT2D eigenvalue weighted by Gasteiger charge is -2.02. The van der Waals surface area contributed by atoms with Crippen molar-refractivity contribution in [2.24, 2.45) is 0 Å². The third-order valence-electron chi connectivity index (χ3n) is 3.86.